The number of thioether (sulfide) groups is 1. The summed E-state index contributed by atoms with van der Waals surface area (Å²) < 4.78 is 0. The van der Waals surface area contributed by atoms with Crippen LogP contribution < -0.4 is 5.32 Å². The minimum atomic E-state index is 0.0592. The van der Waals surface area contributed by atoms with Gasteiger partial charge >= 0.3 is 0 Å². The zero-order valence-electron chi connectivity index (χ0n) is 36.7. The molecule has 2 heteroatoms. The highest BCUT2D eigenvalue weighted by molar-refractivity contribution is 8.11. The van der Waals surface area contributed by atoms with E-state index in [4.69, 9.17) is 0 Å². The average Bonchev–Trinajstić information content (AvgIpc) is 3.88. The smallest absolute Gasteiger partial charge is 0.0384 e. The predicted molar refractivity (Wildman–Crippen MR) is 274 cm³/mol. The van der Waals surface area contributed by atoms with Crippen molar-refractivity contribution >= 4 is 28.0 Å². The van der Waals surface area contributed by atoms with E-state index in [0.717, 1.165) is 35.4 Å². The van der Waals surface area contributed by atoms with E-state index in [1.807, 2.05) is 17.8 Å². The van der Waals surface area contributed by atoms with Crippen LogP contribution >= 0.6 is 11.8 Å². The van der Waals surface area contributed by atoms with E-state index in [9.17, 15) is 0 Å². The maximum atomic E-state index is 4.25. The maximum Gasteiger partial charge on any atom is 0.0384 e. The van der Waals surface area contributed by atoms with Gasteiger partial charge in [0, 0.05) is 16.3 Å². The van der Waals surface area contributed by atoms with E-state index in [1.54, 1.807) is 6.08 Å². The monoisotopic (exact) mass is 831 g/mol. The van der Waals surface area contributed by atoms with Gasteiger partial charge in [-0.15, -0.1) is 0 Å². The minimum absolute atomic E-state index is 0.0592. The largest absolute Gasteiger partial charge is 0.356 e. The molecule has 0 unspecified atom stereocenters. The van der Waals surface area contributed by atoms with Crippen LogP contribution in [0.1, 0.15) is 55.5 Å². The SMILES string of the molecule is C=C/C=C\C1=C(/C)S/C(c2ccccc2)=C(C(C)(C)C)\C=C/C1=C.c1ccc2c(c1)Cc1c(-c3ccc(Nc4ccc(-c5cccc6c5Cc5ccccc5-6)cc4)cc3)cccc1-2. The highest BCUT2D eigenvalue weighted by Gasteiger charge is 2.24. The van der Waals surface area contributed by atoms with Gasteiger partial charge in [-0.1, -0.05) is 216 Å². The van der Waals surface area contributed by atoms with E-state index >= 15 is 0 Å². The fraction of sp³-hybridized carbons (Fsp3) is 0.115. The first-order valence-electron chi connectivity index (χ1n) is 21.9. The van der Waals surface area contributed by atoms with E-state index < -0.39 is 0 Å². The van der Waals surface area contributed by atoms with Crippen LogP contribution in [-0.4, -0.2) is 0 Å². The first kappa shape index (κ1) is 41.5. The Labute approximate surface area is 378 Å². The number of benzene rings is 7. The molecular formula is C61H53NS. The second-order valence-corrected chi connectivity index (χ2v) is 18.7. The molecule has 0 amide bonds. The summed E-state index contributed by atoms with van der Waals surface area (Å²) in [4.78, 5) is 2.57. The lowest BCUT2D eigenvalue weighted by Crippen LogP contribution is -2.10. The molecule has 2 aliphatic carbocycles. The number of fused-ring (bicyclic) bond motifs is 6. The number of rotatable bonds is 7. The lowest BCUT2D eigenvalue weighted by molar-refractivity contribution is 0.520. The Morgan fingerprint density at radius 2 is 1.00 bits per heavy atom. The lowest BCUT2D eigenvalue weighted by atomic mass is 9.84. The molecule has 3 aliphatic rings. The Balaban J connectivity index is 0.000000182. The van der Waals surface area contributed by atoms with Crippen molar-refractivity contribution in [1.82, 2.24) is 0 Å². The fourth-order valence-corrected chi connectivity index (χ4v) is 10.5. The van der Waals surface area contributed by atoms with Crippen LogP contribution in [0, 0.1) is 5.41 Å². The van der Waals surface area contributed by atoms with Crippen molar-refractivity contribution in [2.24, 2.45) is 5.41 Å². The number of allylic oxidation sites excluding steroid dienone is 9. The van der Waals surface area contributed by atoms with Crippen molar-refractivity contribution in [2.75, 3.05) is 5.32 Å². The highest BCUT2D eigenvalue weighted by Crippen LogP contribution is 2.46. The van der Waals surface area contributed by atoms with Crippen LogP contribution in [0.2, 0.25) is 0 Å². The van der Waals surface area contributed by atoms with E-state index in [2.05, 4.69) is 228 Å². The van der Waals surface area contributed by atoms with Crippen LogP contribution in [0.3, 0.4) is 0 Å². The van der Waals surface area contributed by atoms with Crippen LogP contribution in [0.5, 0.6) is 0 Å². The molecule has 0 saturated carbocycles. The molecule has 7 aromatic rings. The van der Waals surface area contributed by atoms with Gasteiger partial charge in [-0.05, 0) is 143 Å². The predicted octanol–water partition coefficient (Wildman–Crippen LogP) is 17.2. The molecule has 7 aromatic carbocycles. The summed E-state index contributed by atoms with van der Waals surface area (Å²) in [6, 6.07) is 59.3. The highest BCUT2D eigenvalue weighted by atomic mass is 32.2. The number of hydrogen-bond donors (Lipinski definition) is 1. The minimum Gasteiger partial charge on any atom is -0.356 e. The third-order valence-corrected chi connectivity index (χ3v) is 13.5. The summed E-state index contributed by atoms with van der Waals surface area (Å²) in [5, 5.41) is 3.59. The molecule has 0 saturated heterocycles. The molecule has 1 heterocycles. The quantitative estimate of drug-likeness (QED) is 0.161. The second kappa shape index (κ2) is 17.8. The molecule has 0 bridgehead atoms. The molecule has 0 atom stereocenters. The van der Waals surface area contributed by atoms with E-state index in [0.29, 0.717) is 0 Å². The summed E-state index contributed by atoms with van der Waals surface area (Å²) in [6.45, 7) is 17.0. The summed E-state index contributed by atoms with van der Waals surface area (Å²) in [5.41, 5.74) is 23.5. The van der Waals surface area contributed by atoms with Crippen molar-refractivity contribution in [1.29, 1.82) is 0 Å². The summed E-state index contributed by atoms with van der Waals surface area (Å²) in [5.74, 6) is 0. The van der Waals surface area contributed by atoms with Gasteiger partial charge in [-0.25, -0.2) is 0 Å². The van der Waals surface area contributed by atoms with Crippen LogP contribution in [0.15, 0.2) is 229 Å². The number of hydrogen-bond acceptors (Lipinski definition) is 2. The van der Waals surface area contributed by atoms with Gasteiger partial charge in [0.1, 0.15) is 0 Å². The molecule has 0 radical (unpaired) electrons. The first-order valence-corrected chi connectivity index (χ1v) is 22.7. The van der Waals surface area contributed by atoms with E-state index in [-0.39, 0.29) is 5.41 Å². The zero-order chi connectivity index (χ0) is 43.5. The van der Waals surface area contributed by atoms with Crippen molar-refractivity contribution in [3.8, 4) is 44.5 Å². The topological polar surface area (TPSA) is 12.0 Å². The van der Waals surface area contributed by atoms with Crippen LogP contribution in [0.4, 0.5) is 11.4 Å². The Morgan fingerprint density at radius 1 is 0.524 bits per heavy atom. The van der Waals surface area contributed by atoms with Crippen molar-refractivity contribution in [3.63, 3.8) is 0 Å². The first-order chi connectivity index (χ1) is 30.7. The van der Waals surface area contributed by atoms with Crippen molar-refractivity contribution in [3.05, 3.63) is 257 Å². The molecular weight excluding hydrogens is 779 g/mol. The van der Waals surface area contributed by atoms with Gasteiger partial charge in [-0.3, -0.25) is 0 Å². The normalized spacial score (nSPS) is 16.8. The van der Waals surface area contributed by atoms with Gasteiger partial charge in [-0.2, -0.15) is 0 Å². The molecule has 1 aliphatic heterocycles. The van der Waals surface area contributed by atoms with Gasteiger partial charge < -0.3 is 5.32 Å². The summed E-state index contributed by atoms with van der Waals surface area (Å²) in [6.07, 6.45) is 12.2. The molecule has 308 valence electrons. The Morgan fingerprint density at radius 3 is 1.51 bits per heavy atom. The molecule has 0 spiro atoms. The molecule has 1 nitrogen and oxygen atoms in total. The standard InChI is InChI=1S/C38H27N.C23H26S/c1-3-9-33-27(7-1)23-37-31(11-5-13-35(33)37)25-15-19-29(20-16-25)39-30-21-17-26(18-22-30)32-12-6-14-36-34-10-4-2-8-28(34)24-38(32)36;1-7-8-14-20-17(2)15-16-21(23(4,5)6)22(24-18(20)3)19-12-10-9-11-13-19/h1-22,39H,23-24H2;7-16H,1-2H2,3-6H3/b;14-8-,16-15-,20-18-,22-21+. The molecule has 0 fully saturated rings. The van der Waals surface area contributed by atoms with E-state index in [1.165, 1.54) is 87.7 Å². The summed E-state index contributed by atoms with van der Waals surface area (Å²) >= 11 is 1.83. The van der Waals surface area contributed by atoms with Gasteiger partial charge in [0.05, 0.1) is 0 Å². The van der Waals surface area contributed by atoms with Crippen molar-refractivity contribution in [2.45, 2.75) is 40.5 Å². The van der Waals surface area contributed by atoms with Gasteiger partial charge in [0.25, 0.3) is 0 Å². The van der Waals surface area contributed by atoms with Crippen LogP contribution in [0.25, 0.3) is 49.4 Å². The number of nitrogens with one attached hydrogen (secondary N) is 1. The van der Waals surface area contributed by atoms with Gasteiger partial charge in [0.15, 0.2) is 0 Å². The third kappa shape index (κ3) is 8.65. The molecule has 10 rings (SSSR count). The Bertz CT molecular complexity index is 2840. The maximum absolute atomic E-state index is 4.25. The second-order valence-electron chi connectivity index (χ2n) is 17.5. The molecule has 1 N–H and O–H groups in total. The fourth-order valence-electron chi connectivity index (χ4n) is 9.11. The van der Waals surface area contributed by atoms with Crippen LogP contribution in [-0.2, 0) is 12.8 Å². The Kier molecular flexibility index (Phi) is 11.8. The Hall–Kier alpha value is -6.87. The lowest BCUT2D eigenvalue weighted by Gasteiger charge is -2.27. The molecule has 0 aromatic heterocycles. The average molecular weight is 832 g/mol. The third-order valence-electron chi connectivity index (χ3n) is 12.3. The van der Waals surface area contributed by atoms with Gasteiger partial charge in [0.2, 0.25) is 0 Å². The number of anilines is 2. The molecule has 63 heavy (non-hydrogen) atoms. The summed E-state index contributed by atoms with van der Waals surface area (Å²) in [7, 11) is 0. The zero-order valence-corrected chi connectivity index (χ0v) is 37.5. The van der Waals surface area contributed by atoms with Crippen molar-refractivity contribution < 1.29 is 0 Å².